The Morgan fingerprint density at radius 2 is 2.29 bits per heavy atom. The van der Waals surface area contributed by atoms with E-state index in [1.54, 1.807) is 29.2 Å². The van der Waals surface area contributed by atoms with E-state index < -0.39 is 0 Å². The SMILES string of the molecule is C=CCOc1ccccc1C(=O)N1CC(C)OC(CO)C1. The first kappa shape index (κ1) is 15.5. The van der Waals surface area contributed by atoms with Gasteiger partial charge in [-0.1, -0.05) is 24.8 Å². The van der Waals surface area contributed by atoms with Crippen LogP contribution in [0.5, 0.6) is 5.75 Å². The van der Waals surface area contributed by atoms with Crippen LogP contribution in [0.1, 0.15) is 17.3 Å². The van der Waals surface area contributed by atoms with Crippen molar-refractivity contribution in [2.45, 2.75) is 19.1 Å². The second kappa shape index (κ2) is 7.24. The minimum atomic E-state index is -0.334. The first-order valence-electron chi connectivity index (χ1n) is 7.04. The molecule has 1 aliphatic heterocycles. The highest BCUT2D eigenvalue weighted by Gasteiger charge is 2.29. The molecule has 2 atom stereocenters. The molecule has 1 aliphatic rings. The van der Waals surface area contributed by atoms with Crippen LogP contribution in [-0.4, -0.2) is 54.4 Å². The molecule has 0 bridgehead atoms. The van der Waals surface area contributed by atoms with Crippen molar-refractivity contribution >= 4 is 5.91 Å². The predicted molar refractivity (Wildman–Crippen MR) is 79.5 cm³/mol. The van der Waals surface area contributed by atoms with E-state index in [1.165, 1.54) is 0 Å². The fraction of sp³-hybridized carbons (Fsp3) is 0.438. The van der Waals surface area contributed by atoms with Gasteiger partial charge in [0, 0.05) is 13.1 Å². The minimum absolute atomic E-state index is 0.0945. The lowest BCUT2D eigenvalue weighted by atomic mass is 10.1. The number of hydrogen-bond donors (Lipinski definition) is 1. The Bertz CT molecular complexity index is 503. The van der Waals surface area contributed by atoms with Gasteiger partial charge in [-0.2, -0.15) is 0 Å². The maximum absolute atomic E-state index is 12.7. The van der Waals surface area contributed by atoms with E-state index in [1.807, 2.05) is 13.0 Å². The number of morpholine rings is 1. The van der Waals surface area contributed by atoms with Crippen LogP contribution in [0.15, 0.2) is 36.9 Å². The first-order valence-corrected chi connectivity index (χ1v) is 7.04. The lowest BCUT2D eigenvalue weighted by Crippen LogP contribution is -2.50. The second-order valence-corrected chi connectivity index (χ2v) is 5.06. The van der Waals surface area contributed by atoms with Crippen LogP contribution in [0.4, 0.5) is 0 Å². The van der Waals surface area contributed by atoms with Gasteiger partial charge in [0.25, 0.3) is 5.91 Å². The molecule has 0 spiro atoms. The van der Waals surface area contributed by atoms with E-state index in [2.05, 4.69) is 6.58 Å². The largest absolute Gasteiger partial charge is 0.489 e. The molecule has 1 saturated heterocycles. The van der Waals surface area contributed by atoms with E-state index in [9.17, 15) is 9.90 Å². The van der Waals surface area contributed by atoms with Gasteiger partial charge < -0.3 is 19.5 Å². The number of carbonyl (C=O) groups is 1. The highest BCUT2D eigenvalue weighted by atomic mass is 16.5. The molecular weight excluding hydrogens is 270 g/mol. The number of rotatable bonds is 5. The smallest absolute Gasteiger partial charge is 0.257 e. The molecule has 5 nitrogen and oxygen atoms in total. The van der Waals surface area contributed by atoms with Crippen molar-refractivity contribution in [2.75, 3.05) is 26.3 Å². The first-order chi connectivity index (χ1) is 10.2. The topological polar surface area (TPSA) is 59.0 Å². The van der Waals surface area contributed by atoms with Crippen molar-refractivity contribution in [1.29, 1.82) is 0 Å². The predicted octanol–water partition coefficient (Wildman–Crippen LogP) is 1.47. The standard InChI is InChI=1S/C16H21NO4/c1-3-8-20-15-7-5-4-6-14(15)16(19)17-9-12(2)21-13(10-17)11-18/h3-7,12-13,18H,1,8-11H2,2H3. The maximum atomic E-state index is 12.7. The van der Waals surface area contributed by atoms with Crippen LogP contribution in [-0.2, 0) is 4.74 Å². The Hall–Kier alpha value is -1.85. The van der Waals surface area contributed by atoms with E-state index in [4.69, 9.17) is 9.47 Å². The molecule has 2 rings (SSSR count). The van der Waals surface area contributed by atoms with Crippen LogP contribution in [0.25, 0.3) is 0 Å². The van der Waals surface area contributed by atoms with Crippen LogP contribution in [0.2, 0.25) is 0 Å². The molecule has 1 fully saturated rings. The molecule has 1 aromatic carbocycles. The Kier molecular flexibility index (Phi) is 5.36. The van der Waals surface area contributed by atoms with E-state index in [-0.39, 0.29) is 24.7 Å². The molecule has 0 saturated carbocycles. The van der Waals surface area contributed by atoms with Crippen molar-refractivity contribution in [3.05, 3.63) is 42.5 Å². The highest BCUT2D eigenvalue weighted by molar-refractivity contribution is 5.97. The van der Waals surface area contributed by atoms with E-state index in [0.717, 1.165) is 0 Å². The van der Waals surface area contributed by atoms with Gasteiger partial charge in [-0.15, -0.1) is 0 Å². The normalized spacial score (nSPS) is 21.9. The quantitative estimate of drug-likeness (QED) is 0.835. The van der Waals surface area contributed by atoms with E-state index in [0.29, 0.717) is 31.0 Å². The number of nitrogens with zero attached hydrogens (tertiary/aromatic N) is 1. The summed E-state index contributed by atoms with van der Waals surface area (Å²) in [5.41, 5.74) is 0.519. The number of para-hydroxylation sites is 1. The number of carbonyl (C=O) groups excluding carboxylic acids is 1. The molecule has 1 heterocycles. The summed E-state index contributed by atoms with van der Waals surface area (Å²) in [6.07, 6.45) is 1.21. The molecule has 114 valence electrons. The summed E-state index contributed by atoms with van der Waals surface area (Å²) in [6.45, 7) is 6.64. The van der Waals surface area contributed by atoms with E-state index >= 15 is 0 Å². The third kappa shape index (κ3) is 3.83. The van der Waals surface area contributed by atoms with Gasteiger partial charge in [0.15, 0.2) is 0 Å². The zero-order valence-electron chi connectivity index (χ0n) is 12.2. The van der Waals surface area contributed by atoms with Crippen molar-refractivity contribution in [1.82, 2.24) is 4.90 Å². The Labute approximate surface area is 124 Å². The molecule has 0 radical (unpaired) electrons. The molecule has 0 aromatic heterocycles. The number of benzene rings is 1. The third-order valence-corrected chi connectivity index (χ3v) is 3.29. The summed E-state index contributed by atoms with van der Waals surface area (Å²) >= 11 is 0. The van der Waals surface area contributed by atoms with Crippen LogP contribution in [0, 0.1) is 0 Å². The molecule has 1 N–H and O–H groups in total. The van der Waals surface area contributed by atoms with Gasteiger partial charge in [-0.05, 0) is 19.1 Å². The summed E-state index contributed by atoms with van der Waals surface area (Å²) in [4.78, 5) is 14.4. The monoisotopic (exact) mass is 291 g/mol. The average molecular weight is 291 g/mol. The second-order valence-electron chi connectivity index (χ2n) is 5.06. The van der Waals surface area contributed by atoms with Crippen LogP contribution in [0.3, 0.4) is 0 Å². The third-order valence-electron chi connectivity index (χ3n) is 3.29. The Morgan fingerprint density at radius 3 is 3.00 bits per heavy atom. The minimum Gasteiger partial charge on any atom is -0.489 e. The summed E-state index contributed by atoms with van der Waals surface area (Å²) in [5, 5.41) is 9.25. The van der Waals surface area contributed by atoms with Crippen molar-refractivity contribution in [3.63, 3.8) is 0 Å². The zero-order valence-corrected chi connectivity index (χ0v) is 12.2. The van der Waals surface area contributed by atoms with Gasteiger partial charge in [-0.25, -0.2) is 0 Å². The molecule has 21 heavy (non-hydrogen) atoms. The Balaban J connectivity index is 2.17. The zero-order chi connectivity index (χ0) is 15.2. The number of aliphatic hydroxyl groups is 1. The number of hydrogen-bond acceptors (Lipinski definition) is 4. The van der Waals surface area contributed by atoms with Gasteiger partial charge >= 0.3 is 0 Å². The fourth-order valence-electron chi connectivity index (χ4n) is 2.40. The molecule has 0 aliphatic carbocycles. The number of aliphatic hydroxyl groups excluding tert-OH is 1. The molecule has 5 heteroatoms. The van der Waals surface area contributed by atoms with Crippen molar-refractivity contribution < 1.29 is 19.4 Å². The van der Waals surface area contributed by atoms with Crippen LogP contribution < -0.4 is 4.74 Å². The summed E-state index contributed by atoms with van der Waals surface area (Å²) in [7, 11) is 0. The lowest BCUT2D eigenvalue weighted by molar-refractivity contribution is -0.0859. The molecule has 2 unspecified atom stereocenters. The van der Waals surface area contributed by atoms with Gasteiger partial charge in [0.05, 0.1) is 24.4 Å². The highest BCUT2D eigenvalue weighted by Crippen LogP contribution is 2.22. The van der Waals surface area contributed by atoms with Gasteiger partial charge in [-0.3, -0.25) is 4.79 Å². The summed E-state index contributed by atoms with van der Waals surface area (Å²) in [6, 6.07) is 7.15. The maximum Gasteiger partial charge on any atom is 0.257 e. The van der Waals surface area contributed by atoms with Gasteiger partial charge in [0.1, 0.15) is 12.4 Å². The van der Waals surface area contributed by atoms with Gasteiger partial charge in [0.2, 0.25) is 0 Å². The number of ether oxygens (including phenoxy) is 2. The summed E-state index contributed by atoms with van der Waals surface area (Å²) < 4.78 is 11.1. The number of amides is 1. The lowest BCUT2D eigenvalue weighted by Gasteiger charge is -2.36. The average Bonchev–Trinajstić information content (AvgIpc) is 2.51. The summed E-state index contributed by atoms with van der Waals surface area (Å²) in [5.74, 6) is 0.436. The van der Waals surface area contributed by atoms with Crippen LogP contribution >= 0.6 is 0 Å². The van der Waals surface area contributed by atoms with Crippen molar-refractivity contribution in [2.24, 2.45) is 0 Å². The molecule has 1 aromatic rings. The Morgan fingerprint density at radius 1 is 1.52 bits per heavy atom. The fourth-order valence-corrected chi connectivity index (χ4v) is 2.40. The van der Waals surface area contributed by atoms with Crippen molar-refractivity contribution in [3.8, 4) is 5.75 Å². The molecular formula is C16H21NO4. The molecule has 1 amide bonds.